The van der Waals surface area contributed by atoms with Gasteiger partial charge in [-0.25, -0.2) is 0 Å². The first kappa shape index (κ1) is 21.3. The highest BCUT2D eigenvalue weighted by Crippen LogP contribution is 2.50. The fourth-order valence-electron chi connectivity index (χ4n) is 4.83. The van der Waals surface area contributed by atoms with E-state index < -0.39 is 40.9 Å². The first-order valence-electron chi connectivity index (χ1n) is 10.1. The number of benzene rings is 2. The molecule has 33 heavy (non-hydrogen) atoms. The van der Waals surface area contributed by atoms with Crippen molar-refractivity contribution in [3.63, 3.8) is 0 Å². The van der Waals surface area contributed by atoms with Crippen LogP contribution < -0.4 is 16.0 Å². The van der Waals surface area contributed by atoms with Crippen molar-refractivity contribution >= 4 is 52.2 Å². The van der Waals surface area contributed by atoms with Crippen LogP contribution in [-0.4, -0.2) is 34.3 Å². The van der Waals surface area contributed by atoms with Gasteiger partial charge in [0.2, 0.25) is 0 Å². The van der Waals surface area contributed by atoms with E-state index in [-0.39, 0.29) is 16.8 Å². The molecule has 0 saturated carbocycles. The Bertz CT molecular complexity index is 1330. The summed E-state index contributed by atoms with van der Waals surface area (Å²) in [5.74, 6) is -3.70. The molecule has 3 atom stereocenters. The number of nitrogen functional groups attached to an aromatic ring is 1. The van der Waals surface area contributed by atoms with E-state index in [2.05, 4.69) is 5.32 Å². The number of nitrogens with zero attached hydrogens (tertiary/aromatic N) is 1. The van der Waals surface area contributed by atoms with Gasteiger partial charge < -0.3 is 16.2 Å². The summed E-state index contributed by atoms with van der Waals surface area (Å²) in [7, 11) is 0. The van der Waals surface area contributed by atoms with E-state index in [1.54, 1.807) is 48.6 Å². The number of nitrogens with one attached hydrogen (secondary N) is 1. The minimum absolute atomic E-state index is 0.140. The molecule has 1 aliphatic carbocycles. The lowest BCUT2D eigenvalue weighted by atomic mass is 9.73. The predicted molar refractivity (Wildman–Crippen MR) is 125 cm³/mol. The summed E-state index contributed by atoms with van der Waals surface area (Å²) in [5.41, 5.74) is 4.40. The normalized spacial score (nSPS) is 26.0. The van der Waals surface area contributed by atoms with Crippen LogP contribution in [0.3, 0.4) is 0 Å². The van der Waals surface area contributed by atoms with Crippen molar-refractivity contribution in [1.29, 1.82) is 0 Å². The molecule has 2 heterocycles. The Labute approximate surface area is 198 Å². The molecule has 1 spiro atoms. The average molecular weight is 482 g/mol. The quantitative estimate of drug-likeness (QED) is 0.458. The van der Waals surface area contributed by atoms with Gasteiger partial charge >= 0.3 is 0 Å². The largest absolute Gasteiger partial charge is 0.503 e. The van der Waals surface area contributed by atoms with E-state index in [0.717, 1.165) is 4.90 Å². The summed E-state index contributed by atoms with van der Waals surface area (Å²) in [6.07, 6.45) is 4.90. The van der Waals surface area contributed by atoms with E-state index in [4.69, 9.17) is 28.9 Å². The van der Waals surface area contributed by atoms with Crippen LogP contribution in [0.1, 0.15) is 10.4 Å². The number of amides is 2. The van der Waals surface area contributed by atoms with Crippen molar-refractivity contribution in [3.8, 4) is 0 Å². The van der Waals surface area contributed by atoms with Crippen molar-refractivity contribution < 1.29 is 19.5 Å². The average Bonchev–Trinajstić information content (AvgIpc) is 3.18. The third kappa shape index (κ3) is 3.00. The number of carbonyl (C=O) groups excluding carboxylic acids is 3. The van der Waals surface area contributed by atoms with Gasteiger partial charge in [-0.2, -0.15) is 0 Å². The Morgan fingerprint density at radius 3 is 2.61 bits per heavy atom. The number of aliphatic hydroxyl groups is 1. The Balaban J connectivity index is 1.78. The zero-order valence-corrected chi connectivity index (χ0v) is 18.5. The molecule has 166 valence electrons. The number of halogens is 2. The van der Waals surface area contributed by atoms with Crippen LogP contribution in [0.2, 0.25) is 5.02 Å². The fraction of sp³-hybridized carbons (Fsp3) is 0.125. The zero-order valence-electron chi connectivity index (χ0n) is 17.0. The number of nitrogens with two attached hydrogens (primary N) is 1. The lowest BCUT2D eigenvalue weighted by Crippen LogP contribution is -2.58. The minimum atomic E-state index is -1.86. The lowest BCUT2D eigenvalue weighted by Gasteiger charge is -2.39. The standard InChI is InChI=1S/C24H17Cl2N3O4/c25-13-4-2-6-16(10-13)29-22(32)21(31)19(20(30)12-3-1-5-15(27)9-12)24(29)17-8-7-14(26)11-18(17)28-23(24)33/h1-11,17-18,31H,27H2,(H,28,33). The molecular formula is C24H17Cl2N3O4. The first-order chi connectivity index (χ1) is 15.7. The maximum atomic E-state index is 13.7. The summed E-state index contributed by atoms with van der Waals surface area (Å²) in [6.45, 7) is 0. The maximum absolute atomic E-state index is 13.7. The van der Waals surface area contributed by atoms with Crippen LogP contribution in [-0.2, 0) is 9.59 Å². The Hall–Kier alpha value is -3.55. The Morgan fingerprint density at radius 1 is 1.12 bits per heavy atom. The highest BCUT2D eigenvalue weighted by molar-refractivity contribution is 6.32. The number of anilines is 2. The van der Waals surface area contributed by atoms with E-state index >= 15 is 0 Å². The number of rotatable bonds is 3. The molecule has 0 bridgehead atoms. The van der Waals surface area contributed by atoms with Crippen molar-refractivity contribution in [3.05, 3.63) is 93.7 Å². The number of ketones is 1. The van der Waals surface area contributed by atoms with Gasteiger partial charge in [0.15, 0.2) is 17.1 Å². The van der Waals surface area contributed by atoms with Gasteiger partial charge in [-0.3, -0.25) is 19.3 Å². The van der Waals surface area contributed by atoms with E-state index in [1.165, 1.54) is 18.2 Å². The van der Waals surface area contributed by atoms with Crippen LogP contribution >= 0.6 is 23.2 Å². The summed E-state index contributed by atoms with van der Waals surface area (Å²) >= 11 is 12.3. The number of aliphatic hydroxyl groups excluding tert-OH is 1. The van der Waals surface area contributed by atoms with Gasteiger partial charge in [-0.15, -0.1) is 0 Å². The lowest BCUT2D eigenvalue weighted by molar-refractivity contribution is -0.125. The number of fused-ring (bicyclic) bond motifs is 2. The van der Waals surface area contributed by atoms with Crippen molar-refractivity contribution in [2.75, 3.05) is 10.6 Å². The first-order valence-corrected chi connectivity index (χ1v) is 10.8. The zero-order chi connectivity index (χ0) is 23.5. The molecule has 4 N–H and O–H groups in total. The highest BCUT2D eigenvalue weighted by Gasteiger charge is 2.68. The van der Waals surface area contributed by atoms with Crippen molar-refractivity contribution in [2.45, 2.75) is 11.6 Å². The van der Waals surface area contributed by atoms with Crippen molar-refractivity contribution in [2.24, 2.45) is 5.92 Å². The molecule has 3 unspecified atom stereocenters. The summed E-state index contributed by atoms with van der Waals surface area (Å²) in [4.78, 5) is 42.0. The molecule has 1 saturated heterocycles. The highest BCUT2D eigenvalue weighted by atomic mass is 35.5. The fourth-order valence-corrected chi connectivity index (χ4v) is 5.22. The molecule has 0 radical (unpaired) electrons. The maximum Gasteiger partial charge on any atom is 0.294 e. The number of carbonyl (C=O) groups is 3. The second-order valence-electron chi connectivity index (χ2n) is 8.00. The van der Waals surface area contributed by atoms with Crippen LogP contribution in [0.4, 0.5) is 11.4 Å². The van der Waals surface area contributed by atoms with Crippen LogP contribution in [0.15, 0.2) is 83.1 Å². The SMILES string of the molecule is Nc1cccc(C(=O)C2=C(O)C(=O)N(c3cccc(Cl)c3)C23C(=O)NC2C=C(Cl)C=CC23)c1. The second-order valence-corrected chi connectivity index (χ2v) is 8.87. The van der Waals surface area contributed by atoms with Gasteiger partial charge in [0, 0.05) is 32.9 Å². The van der Waals surface area contributed by atoms with E-state index in [1.807, 2.05) is 0 Å². The molecule has 2 amide bonds. The van der Waals surface area contributed by atoms with Gasteiger partial charge in [0.05, 0.1) is 11.6 Å². The molecule has 2 aliphatic heterocycles. The molecule has 9 heteroatoms. The van der Waals surface area contributed by atoms with Gasteiger partial charge in [0.25, 0.3) is 11.8 Å². The topological polar surface area (TPSA) is 113 Å². The van der Waals surface area contributed by atoms with E-state index in [0.29, 0.717) is 15.7 Å². The predicted octanol–water partition coefficient (Wildman–Crippen LogP) is 3.51. The smallest absolute Gasteiger partial charge is 0.294 e. The molecule has 0 aromatic heterocycles. The molecule has 2 aromatic rings. The summed E-state index contributed by atoms with van der Waals surface area (Å²) < 4.78 is 0. The van der Waals surface area contributed by atoms with Crippen LogP contribution in [0.25, 0.3) is 0 Å². The molecule has 1 fully saturated rings. The number of hydrogen-bond acceptors (Lipinski definition) is 5. The third-order valence-corrected chi connectivity index (χ3v) is 6.62. The Kier molecular flexibility index (Phi) is 4.84. The van der Waals surface area contributed by atoms with E-state index in [9.17, 15) is 19.5 Å². The molecule has 2 aromatic carbocycles. The number of hydrogen-bond donors (Lipinski definition) is 3. The van der Waals surface area contributed by atoms with Gasteiger partial charge in [0.1, 0.15) is 0 Å². The molecular weight excluding hydrogens is 465 g/mol. The van der Waals surface area contributed by atoms with Crippen LogP contribution in [0, 0.1) is 5.92 Å². The molecule has 5 rings (SSSR count). The van der Waals surface area contributed by atoms with Crippen LogP contribution in [0.5, 0.6) is 0 Å². The summed E-state index contributed by atoms with van der Waals surface area (Å²) in [5, 5.41) is 14.6. The van der Waals surface area contributed by atoms with Crippen molar-refractivity contribution in [1.82, 2.24) is 5.32 Å². The molecule has 3 aliphatic rings. The van der Waals surface area contributed by atoms with Gasteiger partial charge in [-0.1, -0.05) is 47.5 Å². The second kappa shape index (κ2) is 7.50. The Morgan fingerprint density at radius 2 is 1.88 bits per heavy atom. The molecule has 7 nitrogen and oxygen atoms in total. The summed E-state index contributed by atoms with van der Waals surface area (Å²) in [6, 6.07) is 11.8. The number of allylic oxidation sites excluding steroid dienone is 2. The number of Topliss-reactive ketones (excluding diaryl/α,β-unsaturated/α-hetero) is 1. The minimum Gasteiger partial charge on any atom is -0.503 e. The monoisotopic (exact) mass is 481 g/mol. The van der Waals surface area contributed by atoms with Gasteiger partial charge in [-0.05, 0) is 42.5 Å². The third-order valence-electron chi connectivity index (χ3n) is 6.13.